The molecule has 1 aliphatic rings. The fourth-order valence-electron chi connectivity index (χ4n) is 4.89. The SMILES string of the molecule is CCc1nc(NC2CCC(NC(=O)c3ccccc3)CC2)c2c(C)nn(-c3ccccc3C)c2n1. The molecule has 5 rings (SSSR count). The summed E-state index contributed by atoms with van der Waals surface area (Å²) in [5.74, 6) is 1.67. The van der Waals surface area contributed by atoms with Crippen LogP contribution < -0.4 is 10.6 Å². The van der Waals surface area contributed by atoms with Crippen molar-refractivity contribution in [3.63, 3.8) is 0 Å². The summed E-state index contributed by atoms with van der Waals surface area (Å²) in [6, 6.07) is 18.2. The highest BCUT2D eigenvalue weighted by Gasteiger charge is 2.25. The first-order valence-corrected chi connectivity index (χ1v) is 12.5. The van der Waals surface area contributed by atoms with Crippen LogP contribution in [0.4, 0.5) is 5.82 Å². The number of hydrogen-bond acceptors (Lipinski definition) is 5. The molecule has 2 aromatic carbocycles. The molecule has 0 aliphatic heterocycles. The summed E-state index contributed by atoms with van der Waals surface area (Å²) in [5.41, 5.74) is 4.66. The zero-order valence-electron chi connectivity index (χ0n) is 20.6. The Balaban J connectivity index is 1.34. The summed E-state index contributed by atoms with van der Waals surface area (Å²) >= 11 is 0. The van der Waals surface area contributed by atoms with E-state index in [0.29, 0.717) is 11.6 Å². The summed E-state index contributed by atoms with van der Waals surface area (Å²) in [7, 11) is 0. The highest BCUT2D eigenvalue weighted by Crippen LogP contribution is 2.30. The predicted molar refractivity (Wildman–Crippen MR) is 139 cm³/mol. The van der Waals surface area contributed by atoms with E-state index < -0.39 is 0 Å². The molecule has 180 valence electrons. The molecule has 7 heteroatoms. The Labute approximate surface area is 206 Å². The molecular weight excluding hydrogens is 436 g/mol. The Morgan fingerprint density at radius 3 is 2.34 bits per heavy atom. The lowest BCUT2D eigenvalue weighted by atomic mass is 9.91. The number of carbonyl (C=O) groups is 1. The summed E-state index contributed by atoms with van der Waals surface area (Å²) < 4.78 is 1.95. The van der Waals surface area contributed by atoms with Gasteiger partial charge in [0.05, 0.1) is 16.8 Å². The van der Waals surface area contributed by atoms with Gasteiger partial charge in [0.2, 0.25) is 0 Å². The molecule has 2 heterocycles. The zero-order chi connectivity index (χ0) is 24.4. The first-order chi connectivity index (χ1) is 17.0. The monoisotopic (exact) mass is 468 g/mol. The maximum Gasteiger partial charge on any atom is 0.251 e. The number of para-hydroxylation sites is 1. The van der Waals surface area contributed by atoms with Crippen LogP contribution >= 0.6 is 0 Å². The lowest BCUT2D eigenvalue weighted by molar-refractivity contribution is 0.0926. The molecule has 0 bridgehead atoms. The summed E-state index contributed by atoms with van der Waals surface area (Å²) in [4.78, 5) is 22.3. The van der Waals surface area contributed by atoms with Crippen LogP contribution in [0.5, 0.6) is 0 Å². The lowest BCUT2D eigenvalue weighted by Crippen LogP contribution is -2.40. The van der Waals surface area contributed by atoms with Crippen LogP contribution in [0.2, 0.25) is 0 Å². The molecule has 0 unspecified atom stereocenters. The second-order valence-corrected chi connectivity index (χ2v) is 9.36. The van der Waals surface area contributed by atoms with Crippen LogP contribution in [0.3, 0.4) is 0 Å². The van der Waals surface area contributed by atoms with Gasteiger partial charge < -0.3 is 10.6 Å². The van der Waals surface area contributed by atoms with Crippen molar-refractivity contribution < 1.29 is 4.79 Å². The van der Waals surface area contributed by atoms with Crippen molar-refractivity contribution in [2.75, 3.05) is 5.32 Å². The van der Waals surface area contributed by atoms with Gasteiger partial charge in [-0.15, -0.1) is 0 Å². The van der Waals surface area contributed by atoms with E-state index in [1.807, 2.05) is 54.1 Å². The standard InChI is InChI=1S/C28H32N6O/c1-4-24-31-26(25-19(3)33-34(27(25)32-24)23-13-9-8-10-18(23)2)29-21-14-16-22(17-15-21)30-28(35)20-11-6-5-7-12-20/h5-13,21-22H,4,14-17H2,1-3H3,(H,30,35)(H,29,31,32). The average molecular weight is 469 g/mol. The molecule has 4 aromatic rings. The molecule has 1 fully saturated rings. The maximum atomic E-state index is 12.5. The van der Waals surface area contributed by atoms with Gasteiger partial charge in [-0.2, -0.15) is 5.10 Å². The van der Waals surface area contributed by atoms with Crippen LogP contribution in [0.15, 0.2) is 54.6 Å². The predicted octanol–water partition coefficient (Wildman–Crippen LogP) is 5.15. The van der Waals surface area contributed by atoms with E-state index in [-0.39, 0.29) is 11.9 Å². The third kappa shape index (κ3) is 4.76. The number of aromatic nitrogens is 4. The van der Waals surface area contributed by atoms with Crippen molar-refractivity contribution in [3.05, 3.63) is 77.2 Å². The van der Waals surface area contributed by atoms with E-state index in [4.69, 9.17) is 15.1 Å². The fourth-order valence-corrected chi connectivity index (χ4v) is 4.89. The van der Waals surface area contributed by atoms with Crippen molar-refractivity contribution in [1.29, 1.82) is 0 Å². The summed E-state index contributed by atoms with van der Waals surface area (Å²) in [5, 5.41) is 12.7. The molecular formula is C28H32N6O. The number of fused-ring (bicyclic) bond motifs is 1. The first kappa shape index (κ1) is 23.0. The normalized spacial score (nSPS) is 17.9. The van der Waals surface area contributed by atoms with Gasteiger partial charge in [0.15, 0.2) is 5.65 Å². The van der Waals surface area contributed by atoms with E-state index in [9.17, 15) is 4.79 Å². The van der Waals surface area contributed by atoms with Gasteiger partial charge in [-0.1, -0.05) is 43.3 Å². The second kappa shape index (κ2) is 9.86. The van der Waals surface area contributed by atoms with E-state index in [0.717, 1.165) is 71.7 Å². The third-order valence-electron chi connectivity index (χ3n) is 6.85. The number of nitrogens with one attached hydrogen (secondary N) is 2. The van der Waals surface area contributed by atoms with Crippen LogP contribution in [-0.4, -0.2) is 37.7 Å². The number of anilines is 1. The van der Waals surface area contributed by atoms with Crippen LogP contribution in [0, 0.1) is 13.8 Å². The number of hydrogen-bond donors (Lipinski definition) is 2. The van der Waals surface area contributed by atoms with Gasteiger partial charge in [-0.05, 0) is 63.3 Å². The molecule has 1 aliphatic carbocycles. The topological polar surface area (TPSA) is 84.7 Å². The summed E-state index contributed by atoms with van der Waals surface area (Å²) in [6.07, 6.45) is 4.56. The van der Waals surface area contributed by atoms with E-state index in [2.05, 4.69) is 36.6 Å². The van der Waals surface area contributed by atoms with E-state index in [1.54, 1.807) is 0 Å². The Morgan fingerprint density at radius 2 is 1.63 bits per heavy atom. The molecule has 0 radical (unpaired) electrons. The van der Waals surface area contributed by atoms with Gasteiger partial charge in [0.1, 0.15) is 11.6 Å². The number of nitrogens with zero attached hydrogens (tertiary/aromatic N) is 4. The van der Waals surface area contributed by atoms with Gasteiger partial charge in [-0.3, -0.25) is 4.79 Å². The number of carbonyl (C=O) groups excluding carboxylic acids is 1. The molecule has 2 aromatic heterocycles. The maximum absolute atomic E-state index is 12.5. The minimum atomic E-state index is 0.00588. The first-order valence-electron chi connectivity index (χ1n) is 12.5. The van der Waals surface area contributed by atoms with E-state index in [1.165, 1.54) is 0 Å². The molecule has 35 heavy (non-hydrogen) atoms. The van der Waals surface area contributed by atoms with Crippen molar-refractivity contribution in [3.8, 4) is 5.69 Å². The van der Waals surface area contributed by atoms with Crippen LogP contribution in [0.1, 0.15) is 60.0 Å². The van der Waals surface area contributed by atoms with Gasteiger partial charge in [-0.25, -0.2) is 14.6 Å². The largest absolute Gasteiger partial charge is 0.367 e. The second-order valence-electron chi connectivity index (χ2n) is 9.36. The van der Waals surface area contributed by atoms with Crippen LogP contribution in [0.25, 0.3) is 16.7 Å². The Morgan fingerprint density at radius 1 is 0.943 bits per heavy atom. The molecule has 7 nitrogen and oxygen atoms in total. The third-order valence-corrected chi connectivity index (χ3v) is 6.85. The highest BCUT2D eigenvalue weighted by molar-refractivity contribution is 5.94. The minimum absolute atomic E-state index is 0.00588. The zero-order valence-corrected chi connectivity index (χ0v) is 20.6. The van der Waals surface area contributed by atoms with Crippen molar-refractivity contribution in [1.82, 2.24) is 25.1 Å². The molecule has 0 saturated heterocycles. The van der Waals surface area contributed by atoms with Crippen LogP contribution in [-0.2, 0) is 6.42 Å². The Kier molecular flexibility index (Phi) is 6.49. The number of aryl methyl sites for hydroxylation is 3. The van der Waals surface area contributed by atoms with Crippen molar-refractivity contribution in [2.45, 2.75) is 65.0 Å². The molecule has 0 atom stereocenters. The molecule has 1 amide bonds. The van der Waals surface area contributed by atoms with Crippen molar-refractivity contribution >= 4 is 22.8 Å². The Hall–Kier alpha value is -3.74. The van der Waals surface area contributed by atoms with Gasteiger partial charge in [0, 0.05) is 24.1 Å². The summed E-state index contributed by atoms with van der Waals surface area (Å²) in [6.45, 7) is 6.19. The fraction of sp³-hybridized carbons (Fsp3) is 0.357. The van der Waals surface area contributed by atoms with Crippen molar-refractivity contribution in [2.24, 2.45) is 0 Å². The lowest BCUT2D eigenvalue weighted by Gasteiger charge is -2.30. The number of amides is 1. The molecule has 0 spiro atoms. The quantitative estimate of drug-likeness (QED) is 0.409. The van der Waals surface area contributed by atoms with Gasteiger partial charge >= 0.3 is 0 Å². The molecule has 1 saturated carbocycles. The molecule has 2 N–H and O–H groups in total. The number of rotatable bonds is 6. The number of benzene rings is 2. The van der Waals surface area contributed by atoms with E-state index >= 15 is 0 Å². The average Bonchev–Trinajstić information content (AvgIpc) is 3.22. The smallest absolute Gasteiger partial charge is 0.251 e. The Bertz CT molecular complexity index is 1340. The highest BCUT2D eigenvalue weighted by atomic mass is 16.1. The minimum Gasteiger partial charge on any atom is -0.367 e. The van der Waals surface area contributed by atoms with Gasteiger partial charge in [0.25, 0.3) is 5.91 Å².